The van der Waals surface area contributed by atoms with Gasteiger partial charge in [-0.15, -0.1) is 0 Å². The fraction of sp³-hybridized carbons (Fsp3) is 0.542. The van der Waals surface area contributed by atoms with E-state index in [9.17, 15) is 15.0 Å². The second kappa shape index (κ2) is 9.84. The van der Waals surface area contributed by atoms with Crippen molar-refractivity contribution in [2.24, 2.45) is 5.92 Å². The fourth-order valence-corrected chi connectivity index (χ4v) is 4.41. The average Bonchev–Trinajstić information content (AvgIpc) is 2.64. The van der Waals surface area contributed by atoms with Crippen LogP contribution in [0.25, 0.3) is 0 Å². The SMILES string of the molecule is C=C(C)[C@H]1CCC(COC(C)=O)=C[C@@H]1c1c(O)cc(C(C)(C)CCCBr)cc1O. The van der Waals surface area contributed by atoms with E-state index in [2.05, 4.69) is 36.4 Å². The smallest absolute Gasteiger partial charge is 0.302 e. The molecule has 2 rings (SSSR count). The lowest BCUT2D eigenvalue weighted by molar-refractivity contribution is -0.140. The van der Waals surface area contributed by atoms with Crippen molar-refractivity contribution < 1.29 is 19.7 Å². The van der Waals surface area contributed by atoms with Gasteiger partial charge in [-0.25, -0.2) is 0 Å². The van der Waals surface area contributed by atoms with Gasteiger partial charge >= 0.3 is 5.97 Å². The standard InChI is InChI=1S/C24H33BrO4/c1-15(2)19-8-7-17(14-29-16(3)26)11-20(19)23-21(27)12-18(13-22(23)28)24(4,5)9-6-10-25/h11-13,19-20,27-28H,1,6-10,14H2,2-5H3/t19-,20+/m1/s1. The van der Waals surface area contributed by atoms with Crippen molar-refractivity contribution in [3.8, 4) is 11.5 Å². The number of esters is 1. The molecule has 5 heteroatoms. The summed E-state index contributed by atoms with van der Waals surface area (Å²) in [5.41, 5.74) is 3.31. The molecule has 0 amide bonds. The normalized spacial score (nSPS) is 19.6. The van der Waals surface area contributed by atoms with Gasteiger partial charge in [-0.2, -0.15) is 0 Å². The highest BCUT2D eigenvalue weighted by molar-refractivity contribution is 9.09. The first-order valence-electron chi connectivity index (χ1n) is 10.2. The third-order valence-corrected chi connectivity index (χ3v) is 6.47. The minimum absolute atomic E-state index is 0.105. The topological polar surface area (TPSA) is 66.8 Å². The van der Waals surface area contributed by atoms with Crippen LogP contribution in [-0.2, 0) is 14.9 Å². The van der Waals surface area contributed by atoms with Crippen LogP contribution in [0, 0.1) is 5.92 Å². The van der Waals surface area contributed by atoms with E-state index in [0.29, 0.717) is 5.56 Å². The molecule has 0 spiro atoms. The van der Waals surface area contributed by atoms with Gasteiger partial charge in [0.1, 0.15) is 18.1 Å². The van der Waals surface area contributed by atoms with E-state index in [0.717, 1.165) is 47.7 Å². The number of hydrogen-bond acceptors (Lipinski definition) is 4. The van der Waals surface area contributed by atoms with Gasteiger partial charge in [-0.05, 0) is 67.2 Å². The van der Waals surface area contributed by atoms with Crippen LogP contribution in [0.4, 0.5) is 0 Å². The van der Waals surface area contributed by atoms with E-state index >= 15 is 0 Å². The van der Waals surface area contributed by atoms with E-state index in [1.165, 1.54) is 6.92 Å². The highest BCUT2D eigenvalue weighted by Crippen LogP contribution is 2.47. The Morgan fingerprint density at radius 3 is 2.41 bits per heavy atom. The van der Waals surface area contributed by atoms with Gasteiger partial charge in [0.15, 0.2) is 0 Å². The summed E-state index contributed by atoms with van der Waals surface area (Å²) in [4.78, 5) is 11.2. The quantitative estimate of drug-likeness (QED) is 0.276. The number of benzene rings is 1. The predicted molar refractivity (Wildman–Crippen MR) is 121 cm³/mol. The number of alkyl halides is 1. The van der Waals surface area contributed by atoms with Crippen LogP contribution in [0.2, 0.25) is 0 Å². The lowest BCUT2D eigenvalue weighted by Crippen LogP contribution is -2.21. The van der Waals surface area contributed by atoms with Crippen LogP contribution in [0.5, 0.6) is 11.5 Å². The molecule has 0 fully saturated rings. The van der Waals surface area contributed by atoms with E-state index in [1.54, 1.807) is 12.1 Å². The van der Waals surface area contributed by atoms with Crippen LogP contribution < -0.4 is 0 Å². The highest BCUT2D eigenvalue weighted by Gasteiger charge is 2.32. The first-order valence-corrected chi connectivity index (χ1v) is 11.3. The van der Waals surface area contributed by atoms with E-state index in [-0.39, 0.29) is 41.3 Å². The van der Waals surface area contributed by atoms with Crippen LogP contribution >= 0.6 is 15.9 Å². The maximum Gasteiger partial charge on any atom is 0.302 e. The summed E-state index contributed by atoms with van der Waals surface area (Å²) in [5, 5.41) is 22.7. The summed E-state index contributed by atoms with van der Waals surface area (Å²) < 4.78 is 5.16. The Morgan fingerprint density at radius 2 is 1.90 bits per heavy atom. The molecule has 1 aliphatic rings. The molecule has 0 unspecified atom stereocenters. The Labute approximate surface area is 182 Å². The highest BCUT2D eigenvalue weighted by atomic mass is 79.9. The Morgan fingerprint density at radius 1 is 1.28 bits per heavy atom. The molecule has 0 radical (unpaired) electrons. The zero-order valence-corrected chi connectivity index (χ0v) is 19.5. The van der Waals surface area contributed by atoms with Crippen molar-refractivity contribution in [2.75, 3.05) is 11.9 Å². The molecule has 0 bridgehead atoms. The van der Waals surface area contributed by atoms with Gasteiger partial charge in [0, 0.05) is 23.7 Å². The zero-order chi connectivity index (χ0) is 21.8. The first kappa shape index (κ1) is 23.5. The number of rotatable bonds is 8. The lowest BCUT2D eigenvalue weighted by atomic mass is 9.72. The molecule has 1 aliphatic carbocycles. The summed E-state index contributed by atoms with van der Waals surface area (Å²) >= 11 is 3.47. The van der Waals surface area contributed by atoms with Crippen LogP contribution in [0.3, 0.4) is 0 Å². The summed E-state index contributed by atoms with van der Waals surface area (Å²) in [6, 6.07) is 3.57. The molecule has 0 saturated heterocycles. The second-order valence-electron chi connectivity index (χ2n) is 8.73. The summed E-state index contributed by atoms with van der Waals surface area (Å²) in [5.74, 6) is -0.196. The Kier molecular flexibility index (Phi) is 7.98. The predicted octanol–water partition coefficient (Wildman–Crippen LogP) is 6.11. The largest absolute Gasteiger partial charge is 0.507 e. The molecule has 0 aromatic heterocycles. The number of hydrogen-bond donors (Lipinski definition) is 2. The van der Waals surface area contributed by atoms with Gasteiger partial charge in [0.05, 0.1) is 0 Å². The molecule has 0 heterocycles. The molecular formula is C24H33BrO4. The molecule has 4 nitrogen and oxygen atoms in total. The number of phenolic OH excluding ortho intramolecular Hbond substituents is 2. The van der Waals surface area contributed by atoms with E-state index < -0.39 is 0 Å². The molecular weight excluding hydrogens is 432 g/mol. The summed E-state index contributed by atoms with van der Waals surface area (Å²) in [7, 11) is 0. The monoisotopic (exact) mass is 464 g/mol. The minimum Gasteiger partial charge on any atom is -0.507 e. The number of phenols is 2. The Balaban J connectivity index is 2.44. The molecule has 1 aromatic rings. The van der Waals surface area contributed by atoms with Crippen molar-refractivity contribution in [2.45, 2.75) is 64.7 Å². The molecule has 2 atom stereocenters. The third kappa shape index (κ3) is 5.88. The van der Waals surface area contributed by atoms with Gasteiger partial charge in [-0.3, -0.25) is 4.79 Å². The fourth-order valence-electron chi connectivity index (χ4n) is 4.13. The number of carbonyl (C=O) groups excluding carboxylic acids is 1. The van der Waals surface area contributed by atoms with E-state index in [1.807, 2.05) is 13.0 Å². The van der Waals surface area contributed by atoms with Gasteiger partial charge in [0.25, 0.3) is 0 Å². The Bertz CT molecular complexity index is 771. The lowest BCUT2D eigenvalue weighted by Gasteiger charge is -2.33. The van der Waals surface area contributed by atoms with E-state index in [4.69, 9.17) is 4.74 Å². The van der Waals surface area contributed by atoms with Gasteiger partial charge < -0.3 is 14.9 Å². The van der Waals surface area contributed by atoms with Crippen molar-refractivity contribution >= 4 is 21.9 Å². The van der Waals surface area contributed by atoms with Gasteiger partial charge in [0.2, 0.25) is 0 Å². The van der Waals surface area contributed by atoms with Crippen molar-refractivity contribution in [1.29, 1.82) is 0 Å². The first-order chi connectivity index (χ1) is 13.6. The molecule has 1 aromatic carbocycles. The maximum absolute atomic E-state index is 11.2. The van der Waals surface area contributed by atoms with Crippen molar-refractivity contribution in [1.82, 2.24) is 0 Å². The van der Waals surface area contributed by atoms with Gasteiger partial charge in [-0.1, -0.05) is 48.0 Å². The third-order valence-electron chi connectivity index (χ3n) is 5.91. The minimum atomic E-state index is -0.315. The molecule has 29 heavy (non-hydrogen) atoms. The number of halogens is 1. The molecule has 0 aliphatic heterocycles. The van der Waals surface area contributed by atoms with Crippen LogP contribution in [0.1, 0.15) is 70.4 Å². The maximum atomic E-state index is 11.2. The second-order valence-corrected chi connectivity index (χ2v) is 9.52. The number of aromatic hydroxyl groups is 2. The van der Waals surface area contributed by atoms with Crippen molar-refractivity contribution in [3.05, 3.63) is 47.1 Å². The van der Waals surface area contributed by atoms with Crippen LogP contribution in [0.15, 0.2) is 35.9 Å². The average molecular weight is 465 g/mol. The van der Waals surface area contributed by atoms with Crippen LogP contribution in [-0.4, -0.2) is 28.1 Å². The summed E-state index contributed by atoms with van der Waals surface area (Å²) in [6.45, 7) is 12.0. The number of carbonyl (C=O) groups is 1. The molecule has 160 valence electrons. The molecule has 0 saturated carbocycles. The Hall–Kier alpha value is -1.75. The number of allylic oxidation sites excluding steroid dienone is 2. The zero-order valence-electron chi connectivity index (χ0n) is 17.9. The number of ether oxygens (including phenoxy) is 1. The summed E-state index contributed by atoms with van der Waals surface area (Å²) in [6.07, 6.45) is 5.63. The molecule has 2 N–H and O–H groups in total. The van der Waals surface area contributed by atoms with Crippen molar-refractivity contribution in [3.63, 3.8) is 0 Å².